The number of fused-ring (bicyclic) bond motifs is 1. The zero-order chi connectivity index (χ0) is 12.5. The van der Waals surface area contributed by atoms with E-state index in [1.54, 1.807) is 6.20 Å². The van der Waals surface area contributed by atoms with Crippen molar-refractivity contribution in [2.75, 3.05) is 0 Å². The summed E-state index contributed by atoms with van der Waals surface area (Å²) in [5.41, 5.74) is 10.8. The quantitative estimate of drug-likeness (QED) is 0.720. The van der Waals surface area contributed by atoms with Crippen molar-refractivity contribution < 1.29 is 0 Å². The third-order valence-corrected chi connectivity index (χ3v) is 2.99. The Labute approximate surface area is 105 Å². The average molecular weight is 238 g/mol. The number of nitrogens with one attached hydrogen (secondary N) is 1. The van der Waals surface area contributed by atoms with E-state index in [4.69, 9.17) is 5.73 Å². The van der Waals surface area contributed by atoms with Crippen LogP contribution < -0.4 is 5.73 Å². The van der Waals surface area contributed by atoms with Crippen molar-refractivity contribution in [2.24, 2.45) is 5.73 Å². The minimum absolute atomic E-state index is 0.497. The predicted octanol–water partition coefficient (Wildman–Crippen LogP) is 2.39. The minimum atomic E-state index is 0.497. The fourth-order valence-corrected chi connectivity index (χ4v) is 2.09. The van der Waals surface area contributed by atoms with E-state index < -0.39 is 0 Å². The first kappa shape index (κ1) is 10.9. The summed E-state index contributed by atoms with van der Waals surface area (Å²) in [6.07, 6.45) is 1.79. The number of H-pyrrole nitrogens is 1. The first-order chi connectivity index (χ1) is 8.78. The molecule has 0 saturated carbocycles. The van der Waals surface area contributed by atoms with Crippen LogP contribution in [0.4, 0.5) is 0 Å². The Morgan fingerprint density at radius 1 is 1.28 bits per heavy atom. The van der Waals surface area contributed by atoms with E-state index in [0.29, 0.717) is 6.54 Å². The van der Waals surface area contributed by atoms with Gasteiger partial charge in [0.1, 0.15) is 5.82 Å². The zero-order valence-corrected chi connectivity index (χ0v) is 10.1. The summed E-state index contributed by atoms with van der Waals surface area (Å²) in [6, 6.07) is 9.97. The fourth-order valence-electron chi connectivity index (χ4n) is 2.09. The summed E-state index contributed by atoms with van der Waals surface area (Å²) in [6.45, 7) is 2.47. The normalized spacial score (nSPS) is 11.0. The molecule has 0 aliphatic carbocycles. The number of aromatic nitrogens is 3. The van der Waals surface area contributed by atoms with Crippen LogP contribution in [0, 0.1) is 6.92 Å². The summed E-state index contributed by atoms with van der Waals surface area (Å²) >= 11 is 0. The van der Waals surface area contributed by atoms with Crippen molar-refractivity contribution in [1.29, 1.82) is 0 Å². The molecule has 0 saturated heterocycles. The number of para-hydroxylation sites is 1. The second kappa shape index (κ2) is 4.23. The van der Waals surface area contributed by atoms with Gasteiger partial charge in [0.15, 0.2) is 0 Å². The van der Waals surface area contributed by atoms with E-state index >= 15 is 0 Å². The van der Waals surface area contributed by atoms with E-state index in [2.05, 4.69) is 15.0 Å². The fraction of sp³-hybridized carbons (Fsp3) is 0.143. The first-order valence-electron chi connectivity index (χ1n) is 5.88. The monoisotopic (exact) mass is 238 g/mol. The van der Waals surface area contributed by atoms with Gasteiger partial charge in [0.05, 0.1) is 11.0 Å². The Balaban J connectivity index is 2.19. The maximum absolute atomic E-state index is 5.72. The predicted molar refractivity (Wildman–Crippen MR) is 72.0 cm³/mol. The van der Waals surface area contributed by atoms with Gasteiger partial charge in [-0.1, -0.05) is 12.1 Å². The summed E-state index contributed by atoms with van der Waals surface area (Å²) < 4.78 is 0. The number of pyridine rings is 1. The van der Waals surface area contributed by atoms with Crippen LogP contribution in [0.2, 0.25) is 0 Å². The molecule has 3 rings (SSSR count). The molecule has 0 atom stereocenters. The number of rotatable bonds is 2. The van der Waals surface area contributed by atoms with Crippen LogP contribution in [0.5, 0.6) is 0 Å². The average Bonchev–Trinajstić information content (AvgIpc) is 2.82. The van der Waals surface area contributed by atoms with Gasteiger partial charge in [-0.25, -0.2) is 4.98 Å². The van der Waals surface area contributed by atoms with Gasteiger partial charge in [0, 0.05) is 24.0 Å². The molecule has 0 amide bonds. The highest BCUT2D eigenvalue weighted by Crippen LogP contribution is 2.22. The lowest BCUT2D eigenvalue weighted by Gasteiger charge is -1.97. The van der Waals surface area contributed by atoms with E-state index in [9.17, 15) is 0 Å². The van der Waals surface area contributed by atoms with Crippen LogP contribution in [-0.2, 0) is 6.54 Å². The zero-order valence-electron chi connectivity index (χ0n) is 10.1. The largest absolute Gasteiger partial charge is 0.338 e. The highest BCUT2D eigenvalue weighted by molar-refractivity contribution is 5.82. The molecule has 0 spiro atoms. The first-order valence-corrected chi connectivity index (χ1v) is 5.88. The van der Waals surface area contributed by atoms with E-state index in [0.717, 1.165) is 33.7 Å². The van der Waals surface area contributed by atoms with Gasteiger partial charge >= 0.3 is 0 Å². The maximum Gasteiger partial charge on any atom is 0.138 e. The van der Waals surface area contributed by atoms with E-state index in [-0.39, 0.29) is 0 Å². The minimum Gasteiger partial charge on any atom is -0.338 e. The van der Waals surface area contributed by atoms with Crippen molar-refractivity contribution in [2.45, 2.75) is 13.5 Å². The molecule has 0 unspecified atom stereocenters. The van der Waals surface area contributed by atoms with Gasteiger partial charge in [-0.2, -0.15) is 0 Å². The van der Waals surface area contributed by atoms with Crippen LogP contribution in [0.3, 0.4) is 0 Å². The molecule has 2 heterocycles. The topological polar surface area (TPSA) is 67.6 Å². The lowest BCUT2D eigenvalue weighted by Crippen LogP contribution is -1.96. The Morgan fingerprint density at radius 2 is 2.17 bits per heavy atom. The summed E-state index contributed by atoms with van der Waals surface area (Å²) in [5, 5.41) is 0. The third-order valence-electron chi connectivity index (χ3n) is 2.99. The number of benzene rings is 1. The Kier molecular flexibility index (Phi) is 2.57. The van der Waals surface area contributed by atoms with Crippen LogP contribution in [0.1, 0.15) is 11.3 Å². The number of nitrogens with zero attached hydrogens (tertiary/aromatic N) is 2. The number of hydrogen-bond donors (Lipinski definition) is 2. The Hall–Kier alpha value is -2.20. The summed E-state index contributed by atoms with van der Waals surface area (Å²) in [4.78, 5) is 12.1. The van der Waals surface area contributed by atoms with Gasteiger partial charge in [-0.05, 0) is 30.7 Å². The third kappa shape index (κ3) is 1.76. The van der Waals surface area contributed by atoms with Crippen LogP contribution in [-0.4, -0.2) is 15.0 Å². The highest BCUT2D eigenvalue weighted by atomic mass is 14.9. The lowest BCUT2D eigenvalue weighted by atomic mass is 10.2. The van der Waals surface area contributed by atoms with Crippen molar-refractivity contribution in [3.63, 3.8) is 0 Å². The second-order valence-corrected chi connectivity index (χ2v) is 4.29. The van der Waals surface area contributed by atoms with Crippen LogP contribution in [0.15, 0.2) is 36.5 Å². The molecule has 3 aromatic rings. The number of hydrogen-bond acceptors (Lipinski definition) is 3. The van der Waals surface area contributed by atoms with E-state index in [1.165, 1.54) is 0 Å². The standard InChI is InChI=1S/C14H14N4/c1-9-7-10(5-6-16-9)14-17-12-4-2-3-11(8-15)13(12)18-14/h2-7H,8,15H2,1H3,(H,17,18). The number of aromatic amines is 1. The molecule has 0 radical (unpaired) electrons. The van der Waals surface area contributed by atoms with Crippen molar-refractivity contribution in [3.05, 3.63) is 47.8 Å². The van der Waals surface area contributed by atoms with Crippen molar-refractivity contribution in [3.8, 4) is 11.4 Å². The van der Waals surface area contributed by atoms with E-state index in [1.807, 2.05) is 37.3 Å². The van der Waals surface area contributed by atoms with Crippen molar-refractivity contribution in [1.82, 2.24) is 15.0 Å². The van der Waals surface area contributed by atoms with Gasteiger partial charge in [0.2, 0.25) is 0 Å². The molecule has 0 bridgehead atoms. The summed E-state index contributed by atoms with van der Waals surface area (Å²) in [5.74, 6) is 0.858. The molecular weight excluding hydrogens is 224 g/mol. The Morgan fingerprint density at radius 3 is 2.94 bits per heavy atom. The molecule has 3 N–H and O–H groups in total. The molecule has 90 valence electrons. The molecule has 4 nitrogen and oxygen atoms in total. The molecule has 1 aromatic carbocycles. The maximum atomic E-state index is 5.72. The summed E-state index contributed by atoms with van der Waals surface area (Å²) in [7, 11) is 0. The van der Waals surface area contributed by atoms with Crippen LogP contribution >= 0.6 is 0 Å². The molecule has 4 heteroatoms. The SMILES string of the molecule is Cc1cc(-c2nc3c(CN)cccc3[nH]2)ccn1. The molecule has 0 aliphatic heterocycles. The van der Waals surface area contributed by atoms with Gasteiger partial charge in [0.25, 0.3) is 0 Å². The Bertz CT molecular complexity index is 700. The lowest BCUT2D eigenvalue weighted by molar-refractivity contribution is 1.08. The number of aryl methyl sites for hydroxylation is 1. The number of nitrogens with two attached hydrogens (primary N) is 1. The molecule has 2 aromatic heterocycles. The van der Waals surface area contributed by atoms with Gasteiger partial charge in [-0.3, -0.25) is 4.98 Å². The molecule has 18 heavy (non-hydrogen) atoms. The second-order valence-electron chi connectivity index (χ2n) is 4.29. The van der Waals surface area contributed by atoms with Crippen LogP contribution in [0.25, 0.3) is 22.4 Å². The van der Waals surface area contributed by atoms with Gasteiger partial charge in [-0.15, -0.1) is 0 Å². The number of imidazole rings is 1. The molecule has 0 aliphatic rings. The molecular formula is C14H14N4. The smallest absolute Gasteiger partial charge is 0.138 e. The molecule has 0 fully saturated rings. The highest BCUT2D eigenvalue weighted by Gasteiger charge is 2.08. The van der Waals surface area contributed by atoms with Gasteiger partial charge < -0.3 is 10.7 Å². The van der Waals surface area contributed by atoms with Crippen molar-refractivity contribution >= 4 is 11.0 Å².